The minimum atomic E-state index is -0.296. The lowest BCUT2D eigenvalue weighted by Crippen LogP contribution is -2.44. The van der Waals surface area contributed by atoms with E-state index < -0.39 is 0 Å². The summed E-state index contributed by atoms with van der Waals surface area (Å²) in [4.78, 5) is 11.8. The summed E-state index contributed by atoms with van der Waals surface area (Å²) >= 11 is 0. The summed E-state index contributed by atoms with van der Waals surface area (Å²) in [6, 6.07) is 7.94. The summed E-state index contributed by atoms with van der Waals surface area (Å²) in [5.74, 6) is 1.12. The normalized spacial score (nSPS) is 40.6. The van der Waals surface area contributed by atoms with Gasteiger partial charge in [0, 0.05) is 11.0 Å². The molecule has 0 aromatic heterocycles. The molecule has 2 nitrogen and oxygen atoms in total. The van der Waals surface area contributed by atoms with Crippen LogP contribution in [-0.2, 0) is 5.41 Å². The van der Waals surface area contributed by atoms with Gasteiger partial charge in [-0.3, -0.25) is 4.79 Å². The number of hydrogen-bond acceptors (Lipinski definition) is 1. The number of fused-ring (bicyclic) bond motifs is 2. The molecule has 0 heterocycles. The van der Waals surface area contributed by atoms with E-state index in [4.69, 9.17) is 5.73 Å². The smallest absolute Gasteiger partial charge is 0.248 e. The molecule has 2 heteroatoms. The van der Waals surface area contributed by atoms with Crippen molar-refractivity contribution in [2.75, 3.05) is 0 Å². The maximum absolute atomic E-state index is 11.8. The maximum atomic E-state index is 11.8. The molecular formula is C17H23NO. The zero-order valence-corrected chi connectivity index (χ0v) is 12.1. The van der Waals surface area contributed by atoms with E-state index in [1.807, 2.05) is 18.2 Å². The second-order valence-corrected chi connectivity index (χ2v) is 6.96. The van der Waals surface area contributed by atoms with Crippen molar-refractivity contribution in [1.82, 2.24) is 0 Å². The van der Waals surface area contributed by atoms with Crippen LogP contribution < -0.4 is 5.73 Å². The molecule has 0 saturated heterocycles. The monoisotopic (exact) mass is 257 g/mol. The van der Waals surface area contributed by atoms with Gasteiger partial charge in [0.25, 0.3) is 0 Å². The maximum Gasteiger partial charge on any atom is 0.248 e. The average Bonchev–Trinajstić information content (AvgIpc) is 2.87. The van der Waals surface area contributed by atoms with Gasteiger partial charge in [-0.25, -0.2) is 0 Å². The Bertz CT molecular complexity index is 538. The van der Waals surface area contributed by atoms with Crippen LogP contribution in [0.5, 0.6) is 0 Å². The van der Waals surface area contributed by atoms with Crippen LogP contribution in [0.25, 0.3) is 0 Å². The van der Waals surface area contributed by atoms with E-state index in [2.05, 4.69) is 26.8 Å². The largest absolute Gasteiger partial charge is 0.366 e. The van der Waals surface area contributed by atoms with Gasteiger partial charge in [-0.2, -0.15) is 0 Å². The van der Waals surface area contributed by atoms with Gasteiger partial charge < -0.3 is 5.73 Å². The van der Waals surface area contributed by atoms with Crippen molar-refractivity contribution in [2.45, 2.75) is 45.4 Å². The van der Waals surface area contributed by atoms with Crippen molar-refractivity contribution in [1.29, 1.82) is 0 Å². The number of amides is 1. The zero-order valence-electron chi connectivity index (χ0n) is 12.1. The van der Waals surface area contributed by atoms with Crippen molar-refractivity contribution in [3.8, 4) is 0 Å². The molecule has 2 aliphatic carbocycles. The van der Waals surface area contributed by atoms with Gasteiger partial charge in [-0.1, -0.05) is 39.0 Å². The molecule has 2 bridgehead atoms. The van der Waals surface area contributed by atoms with E-state index in [1.165, 1.54) is 24.8 Å². The first-order valence-corrected chi connectivity index (χ1v) is 7.29. The van der Waals surface area contributed by atoms with Crippen LogP contribution in [0, 0.1) is 17.3 Å². The second-order valence-electron chi connectivity index (χ2n) is 6.96. The topological polar surface area (TPSA) is 43.1 Å². The third-order valence-corrected chi connectivity index (χ3v) is 6.40. The highest BCUT2D eigenvalue weighted by Crippen LogP contribution is 2.67. The van der Waals surface area contributed by atoms with E-state index in [1.54, 1.807) is 0 Å². The van der Waals surface area contributed by atoms with Crippen molar-refractivity contribution < 1.29 is 4.79 Å². The first-order chi connectivity index (χ1) is 8.90. The summed E-state index contributed by atoms with van der Waals surface area (Å²) < 4.78 is 0. The number of benzene rings is 1. The van der Waals surface area contributed by atoms with Gasteiger partial charge in [-0.15, -0.1) is 0 Å². The lowest BCUT2D eigenvalue weighted by atomic mass is 9.56. The minimum Gasteiger partial charge on any atom is -0.366 e. The Labute approximate surface area is 115 Å². The molecule has 0 spiro atoms. The molecule has 102 valence electrons. The van der Waals surface area contributed by atoms with Crippen LogP contribution in [0.3, 0.4) is 0 Å². The van der Waals surface area contributed by atoms with Gasteiger partial charge in [0.1, 0.15) is 0 Å². The summed E-state index contributed by atoms with van der Waals surface area (Å²) in [5, 5.41) is 0. The first kappa shape index (κ1) is 12.7. The van der Waals surface area contributed by atoms with E-state index in [9.17, 15) is 4.79 Å². The second kappa shape index (κ2) is 3.84. The minimum absolute atomic E-state index is 0.0710. The Morgan fingerprint density at radius 1 is 1.32 bits per heavy atom. The molecule has 2 N–H and O–H groups in total. The van der Waals surface area contributed by atoms with Gasteiger partial charge in [0.05, 0.1) is 0 Å². The molecule has 2 saturated carbocycles. The highest BCUT2D eigenvalue weighted by atomic mass is 16.1. The van der Waals surface area contributed by atoms with Crippen LogP contribution in [-0.4, -0.2) is 5.91 Å². The molecule has 0 radical (unpaired) electrons. The standard InChI is InChI=1S/C17H23NO/c1-11-12-8-9-16(2,10-12)17(11,3)14-7-5-4-6-13(14)15(18)19/h4-7,11-12H,8-10H2,1-3H3,(H2,18,19). The van der Waals surface area contributed by atoms with E-state index in [0.717, 1.165) is 5.92 Å². The van der Waals surface area contributed by atoms with Gasteiger partial charge in [0.15, 0.2) is 0 Å². The van der Waals surface area contributed by atoms with E-state index in [0.29, 0.717) is 16.9 Å². The Balaban J connectivity index is 2.19. The molecule has 1 aromatic rings. The molecule has 4 atom stereocenters. The first-order valence-electron chi connectivity index (χ1n) is 7.29. The Morgan fingerprint density at radius 2 is 2.00 bits per heavy atom. The summed E-state index contributed by atoms with van der Waals surface area (Å²) in [5.41, 5.74) is 7.85. The molecule has 0 aliphatic heterocycles. The number of primary amides is 1. The number of nitrogens with two attached hydrogens (primary N) is 1. The quantitative estimate of drug-likeness (QED) is 0.865. The van der Waals surface area contributed by atoms with Crippen LogP contribution in [0.15, 0.2) is 24.3 Å². The van der Waals surface area contributed by atoms with Crippen molar-refractivity contribution >= 4 is 5.91 Å². The number of carbonyl (C=O) groups is 1. The van der Waals surface area contributed by atoms with E-state index in [-0.39, 0.29) is 11.3 Å². The number of rotatable bonds is 2. The van der Waals surface area contributed by atoms with Crippen LogP contribution in [0.2, 0.25) is 0 Å². The predicted octanol–water partition coefficient (Wildman–Crippen LogP) is 3.50. The molecule has 4 unspecified atom stereocenters. The van der Waals surface area contributed by atoms with Crippen LogP contribution in [0.4, 0.5) is 0 Å². The third-order valence-electron chi connectivity index (χ3n) is 6.40. The summed E-state index contributed by atoms with van der Waals surface area (Å²) in [7, 11) is 0. The van der Waals surface area contributed by atoms with Gasteiger partial charge in [-0.05, 0) is 48.1 Å². The Morgan fingerprint density at radius 3 is 2.58 bits per heavy atom. The Kier molecular flexibility index (Phi) is 2.57. The fourth-order valence-electron chi connectivity index (χ4n) is 4.93. The molecule has 2 fully saturated rings. The van der Waals surface area contributed by atoms with Gasteiger partial charge >= 0.3 is 0 Å². The van der Waals surface area contributed by atoms with Crippen molar-refractivity contribution in [3.63, 3.8) is 0 Å². The SMILES string of the molecule is CC1C2CCC(C)(C2)C1(C)c1ccccc1C(N)=O. The lowest BCUT2D eigenvalue weighted by Gasteiger charge is -2.47. The van der Waals surface area contributed by atoms with Gasteiger partial charge in [0.2, 0.25) is 5.91 Å². The zero-order chi connectivity index (χ0) is 13.8. The third kappa shape index (κ3) is 1.46. The average molecular weight is 257 g/mol. The fraction of sp³-hybridized carbons (Fsp3) is 0.588. The highest BCUT2D eigenvalue weighted by Gasteiger charge is 2.61. The van der Waals surface area contributed by atoms with Crippen LogP contribution in [0.1, 0.15) is 56.0 Å². The van der Waals surface area contributed by atoms with Crippen LogP contribution >= 0.6 is 0 Å². The predicted molar refractivity (Wildman–Crippen MR) is 76.9 cm³/mol. The summed E-state index contributed by atoms with van der Waals surface area (Å²) in [6.45, 7) is 7.10. The van der Waals surface area contributed by atoms with Crippen molar-refractivity contribution in [2.24, 2.45) is 23.0 Å². The molecule has 1 amide bonds. The molecule has 1 aromatic carbocycles. The fourth-order valence-corrected chi connectivity index (χ4v) is 4.93. The number of carbonyl (C=O) groups excluding carboxylic acids is 1. The molecule has 19 heavy (non-hydrogen) atoms. The Hall–Kier alpha value is -1.31. The summed E-state index contributed by atoms with van der Waals surface area (Å²) in [6.07, 6.45) is 3.90. The molecule has 3 rings (SSSR count). The molecular weight excluding hydrogens is 234 g/mol. The number of hydrogen-bond donors (Lipinski definition) is 1. The lowest BCUT2D eigenvalue weighted by molar-refractivity contribution is 0.0979. The van der Waals surface area contributed by atoms with Crippen molar-refractivity contribution in [3.05, 3.63) is 35.4 Å². The van der Waals surface area contributed by atoms with E-state index >= 15 is 0 Å². The molecule has 2 aliphatic rings. The highest BCUT2D eigenvalue weighted by molar-refractivity contribution is 5.94.